The van der Waals surface area contributed by atoms with E-state index < -0.39 is 18.1 Å². The number of aliphatic carboxylic acids is 1. The van der Waals surface area contributed by atoms with Gasteiger partial charge in [-0.25, -0.2) is 4.79 Å². The van der Waals surface area contributed by atoms with Crippen LogP contribution < -0.4 is 5.73 Å². The van der Waals surface area contributed by atoms with E-state index in [4.69, 9.17) is 5.73 Å². The van der Waals surface area contributed by atoms with Crippen molar-refractivity contribution in [2.24, 2.45) is 17.6 Å². The second kappa shape index (κ2) is 5.26. The van der Waals surface area contributed by atoms with E-state index in [1.807, 2.05) is 6.92 Å². The number of nitrogens with zero attached hydrogens (tertiary/aromatic N) is 1. The summed E-state index contributed by atoms with van der Waals surface area (Å²) in [6, 6.07) is -1.19. The number of fused-ring (bicyclic) bond motifs is 1. The number of nitrogens with two attached hydrogens (primary N) is 1. The highest BCUT2D eigenvalue weighted by Crippen LogP contribution is 2.42. The van der Waals surface area contributed by atoms with Gasteiger partial charge < -0.3 is 15.7 Å². The molecule has 2 fully saturated rings. The van der Waals surface area contributed by atoms with Gasteiger partial charge in [0, 0.05) is 6.54 Å². The Bertz CT molecular complexity index is 345. The van der Waals surface area contributed by atoms with Crippen LogP contribution in [0.15, 0.2) is 0 Å². The molecule has 0 bridgehead atoms. The Morgan fingerprint density at radius 1 is 1.44 bits per heavy atom. The van der Waals surface area contributed by atoms with Crippen LogP contribution in [-0.4, -0.2) is 40.5 Å². The number of carbonyl (C=O) groups excluding carboxylic acids is 1. The van der Waals surface area contributed by atoms with Gasteiger partial charge in [0.15, 0.2) is 0 Å². The fourth-order valence-corrected chi connectivity index (χ4v) is 3.50. The van der Waals surface area contributed by atoms with Crippen LogP contribution in [-0.2, 0) is 9.59 Å². The van der Waals surface area contributed by atoms with Crippen LogP contribution in [0.25, 0.3) is 0 Å². The van der Waals surface area contributed by atoms with Crippen LogP contribution >= 0.6 is 0 Å². The van der Waals surface area contributed by atoms with Crippen LogP contribution in [0.1, 0.15) is 39.0 Å². The highest BCUT2D eigenvalue weighted by atomic mass is 16.4. The Morgan fingerprint density at radius 2 is 2.17 bits per heavy atom. The van der Waals surface area contributed by atoms with E-state index in [0.717, 1.165) is 25.7 Å². The van der Waals surface area contributed by atoms with Crippen LogP contribution in [0.5, 0.6) is 0 Å². The highest BCUT2D eigenvalue weighted by Gasteiger charge is 2.49. The lowest BCUT2D eigenvalue weighted by Crippen LogP contribution is -2.50. The molecule has 5 nitrogen and oxygen atoms in total. The lowest BCUT2D eigenvalue weighted by molar-refractivity contribution is -0.150. The fourth-order valence-electron chi connectivity index (χ4n) is 3.50. The number of hydrogen-bond acceptors (Lipinski definition) is 3. The van der Waals surface area contributed by atoms with E-state index in [2.05, 4.69) is 0 Å². The largest absolute Gasteiger partial charge is 0.480 e. The molecule has 1 aliphatic heterocycles. The average Bonchev–Trinajstić information content (AvgIpc) is 2.86. The molecular formula is C13H22N2O3. The van der Waals surface area contributed by atoms with Gasteiger partial charge in [-0.05, 0) is 31.1 Å². The first kappa shape index (κ1) is 13.3. The van der Waals surface area contributed by atoms with E-state index in [1.54, 1.807) is 0 Å². The third-order valence-electron chi connectivity index (χ3n) is 4.34. The normalized spacial score (nSPS) is 32.3. The molecule has 102 valence electrons. The maximum atomic E-state index is 12.2. The summed E-state index contributed by atoms with van der Waals surface area (Å²) in [5.74, 6) is -0.552. The molecule has 1 saturated carbocycles. The molecule has 0 spiro atoms. The number of rotatable bonds is 4. The Hall–Kier alpha value is -1.10. The van der Waals surface area contributed by atoms with E-state index in [0.29, 0.717) is 18.9 Å². The summed E-state index contributed by atoms with van der Waals surface area (Å²) in [5, 5.41) is 9.36. The number of hydrogen-bond donors (Lipinski definition) is 2. The predicted molar refractivity (Wildman–Crippen MR) is 66.9 cm³/mol. The van der Waals surface area contributed by atoms with Crippen LogP contribution in [0.4, 0.5) is 0 Å². The third kappa shape index (κ3) is 2.23. The molecule has 2 rings (SSSR count). The zero-order chi connectivity index (χ0) is 13.3. The molecule has 0 aromatic rings. The molecule has 0 aromatic carbocycles. The molecule has 0 aromatic heterocycles. The van der Waals surface area contributed by atoms with Gasteiger partial charge in [-0.15, -0.1) is 0 Å². The summed E-state index contributed by atoms with van der Waals surface area (Å²) in [7, 11) is 0. The number of carboxylic acid groups (broad SMARTS) is 1. The predicted octanol–water partition coefficient (Wildman–Crippen LogP) is 0.825. The van der Waals surface area contributed by atoms with Gasteiger partial charge >= 0.3 is 5.97 Å². The van der Waals surface area contributed by atoms with Gasteiger partial charge in [-0.3, -0.25) is 4.79 Å². The van der Waals surface area contributed by atoms with Crippen LogP contribution in [0.2, 0.25) is 0 Å². The molecule has 4 atom stereocenters. The lowest BCUT2D eigenvalue weighted by atomic mass is 9.94. The van der Waals surface area contributed by atoms with E-state index in [9.17, 15) is 14.7 Å². The molecular weight excluding hydrogens is 232 g/mol. The average molecular weight is 254 g/mol. The van der Waals surface area contributed by atoms with Crippen molar-refractivity contribution in [2.75, 3.05) is 6.54 Å². The van der Waals surface area contributed by atoms with Gasteiger partial charge in [0.05, 0.1) is 6.04 Å². The summed E-state index contributed by atoms with van der Waals surface area (Å²) in [4.78, 5) is 25.1. The Balaban J connectivity index is 2.12. The van der Waals surface area contributed by atoms with Crippen molar-refractivity contribution in [3.8, 4) is 0 Å². The molecule has 5 heteroatoms. The Labute approximate surface area is 107 Å². The molecule has 18 heavy (non-hydrogen) atoms. The molecule has 2 aliphatic rings. The molecule has 1 heterocycles. The van der Waals surface area contributed by atoms with E-state index in [1.165, 1.54) is 4.90 Å². The van der Waals surface area contributed by atoms with E-state index in [-0.39, 0.29) is 11.8 Å². The van der Waals surface area contributed by atoms with Crippen molar-refractivity contribution in [1.29, 1.82) is 0 Å². The fraction of sp³-hybridized carbons (Fsp3) is 0.846. The van der Waals surface area contributed by atoms with Gasteiger partial charge in [-0.1, -0.05) is 19.8 Å². The maximum absolute atomic E-state index is 12.2. The molecule has 4 unspecified atom stereocenters. The zero-order valence-corrected chi connectivity index (χ0v) is 10.8. The summed E-state index contributed by atoms with van der Waals surface area (Å²) in [6.07, 6.45) is 4.51. The topological polar surface area (TPSA) is 83.6 Å². The minimum atomic E-state index is -0.874. The quantitative estimate of drug-likeness (QED) is 0.778. The van der Waals surface area contributed by atoms with Gasteiger partial charge in [0.1, 0.15) is 6.04 Å². The van der Waals surface area contributed by atoms with Crippen molar-refractivity contribution in [2.45, 2.75) is 51.1 Å². The summed E-state index contributed by atoms with van der Waals surface area (Å²) in [5.41, 5.74) is 5.84. The van der Waals surface area contributed by atoms with Crippen molar-refractivity contribution in [3.63, 3.8) is 0 Å². The molecule has 1 amide bonds. The smallest absolute Gasteiger partial charge is 0.326 e. The monoisotopic (exact) mass is 254 g/mol. The summed E-state index contributed by atoms with van der Waals surface area (Å²) in [6.45, 7) is 2.55. The minimum absolute atomic E-state index is 0.139. The van der Waals surface area contributed by atoms with Crippen LogP contribution in [0.3, 0.4) is 0 Å². The lowest BCUT2D eigenvalue weighted by Gasteiger charge is -2.26. The zero-order valence-electron chi connectivity index (χ0n) is 10.8. The molecule has 1 aliphatic carbocycles. The molecule has 3 N–H and O–H groups in total. The van der Waals surface area contributed by atoms with Crippen molar-refractivity contribution in [3.05, 3.63) is 0 Å². The number of likely N-dealkylation sites (tertiary alicyclic amines) is 1. The Morgan fingerprint density at radius 3 is 2.78 bits per heavy atom. The second-order valence-electron chi connectivity index (χ2n) is 5.52. The van der Waals surface area contributed by atoms with Gasteiger partial charge in [0.25, 0.3) is 0 Å². The first-order chi connectivity index (χ1) is 8.56. The van der Waals surface area contributed by atoms with Crippen molar-refractivity contribution >= 4 is 11.9 Å². The summed E-state index contributed by atoms with van der Waals surface area (Å²) >= 11 is 0. The third-order valence-corrected chi connectivity index (χ3v) is 4.34. The standard InChI is InChI=1S/C13H22N2O3/c1-2-4-10(14)12(16)15-7-8-5-3-6-9(8)11(15)13(17)18/h8-11H,2-7,14H2,1H3,(H,17,18). The second-order valence-corrected chi connectivity index (χ2v) is 5.52. The number of carboxylic acids is 1. The summed E-state index contributed by atoms with van der Waals surface area (Å²) < 4.78 is 0. The molecule has 0 radical (unpaired) electrons. The van der Waals surface area contributed by atoms with Crippen molar-refractivity contribution in [1.82, 2.24) is 4.90 Å². The number of amides is 1. The first-order valence-corrected chi connectivity index (χ1v) is 6.85. The minimum Gasteiger partial charge on any atom is -0.480 e. The van der Waals surface area contributed by atoms with Gasteiger partial charge in [0.2, 0.25) is 5.91 Å². The van der Waals surface area contributed by atoms with Crippen LogP contribution in [0, 0.1) is 11.8 Å². The number of carbonyl (C=O) groups is 2. The van der Waals surface area contributed by atoms with Crippen molar-refractivity contribution < 1.29 is 14.7 Å². The highest BCUT2D eigenvalue weighted by molar-refractivity contribution is 5.87. The Kier molecular flexibility index (Phi) is 3.90. The maximum Gasteiger partial charge on any atom is 0.326 e. The first-order valence-electron chi connectivity index (χ1n) is 6.85. The molecule has 1 saturated heterocycles. The van der Waals surface area contributed by atoms with E-state index >= 15 is 0 Å². The SMILES string of the molecule is CCCC(N)C(=O)N1CC2CCCC2C1C(=O)O. The van der Waals surface area contributed by atoms with Gasteiger partial charge in [-0.2, -0.15) is 0 Å².